The third-order valence-corrected chi connectivity index (χ3v) is 4.55. The Morgan fingerprint density at radius 3 is 2.15 bits per heavy atom. The van der Waals surface area contributed by atoms with Gasteiger partial charge in [0.15, 0.2) is 11.6 Å². The molecule has 1 aliphatic carbocycles. The van der Waals surface area contributed by atoms with E-state index in [-0.39, 0.29) is 22.7 Å². The van der Waals surface area contributed by atoms with Crippen molar-refractivity contribution in [2.75, 3.05) is 12.4 Å². The van der Waals surface area contributed by atoms with Crippen molar-refractivity contribution in [2.24, 2.45) is 0 Å². The van der Waals surface area contributed by atoms with E-state index in [1.54, 1.807) is 66.7 Å². The fourth-order valence-electron chi connectivity index (χ4n) is 3.27. The van der Waals surface area contributed by atoms with E-state index >= 15 is 0 Å². The lowest BCUT2D eigenvalue weighted by Gasteiger charge is -2.20. The standard InChI is InChI=1S/C22H15NO4/c1-27-18-12-5-4-9-15(18)22(26)23-17-11-6-10-16-19(17)21(25)14-8-3-2-7-13(14)20(16)24/h2-12H,1H3,(H,23,26). The molecule has 1 N–H and O–H groups in total. The van der Waals surface area contributed by atoms with E-state index in [1.165, 1.54) is 7.11 Å². The van der Waals surface area contributed by atoms with Crippen LogP contribution in [-0.4, -0.2) is 24.6 Å². The number of para-hydroxylation sites is 1. The Bertz CT molecular complexity index is 1100. The molecule has 0 fully saturated rings. The average Bonchev–Trinajstić information content (AvgIpc) is 2.71. The van der Waals surface area contributed by atoms with E-state index in [1.807, 2.05) is 0 Å². The number of carbonyl (C=O) groups excluding carboxylic acids is 3. The number of methoxy groups -OCH3 is 1. The van der Waals surface area contributed by atoms with Gasteiger partial charge >= 0.3 is 0 Å². The predicted molar refractivity (Wildman–Crippen MR) is 101 cm³/mol. The highest BCUT2D eigenvalue weighted by molar-refractivity contribution is 6.30. The normalized spacial score (nSPS) is 12.2. The van der Waals surface area contributed by atoms with E-state index in [2.05, 4.69) is 5.32 Å². The molecule has 0 saturated carbocycles. The molecule has 0 atom stereocenters. The van der Waals surface area contributed by atoms with Gasteiger partial charge in [-0.2, -0.15) is 0 Å². The molecule has 0 bridgehead atoms. The van der Waals surface area contributed by atoms with Gasteiger partial charge in [0, 0.05) is 16.7 Å². The number of ether oxygens (including phenoxy) is 1. The summed E-state index contributed by atoms with van der Waals surface area (Å²) in [6.45, 7) is 0. The van der Waals surface area contributed by atoms with E-state index in [0.29, 0.717) is 28.1 Å². The molecule has 27 heavy (non-hydrogen) atoms. The average molecular weight is 357 g/mol. The Morgan fingerprint density at radius 2 is 1.41 bits per heavy atom. The van der Waals surface area contributed by atoms with Crippen LogP contribution >= 0.6 is 0 Å². The zero-order valence-corrected chi connectivity index (χ0v) is 14.5. The molecule has 0 spiro atoms. The Hall–Kier alpha value is -3.73. The van der Waals surface area contributed by atoms with Crippen LogP contribution in [-0.2, 0) is 0 Å². The predicted octanol–water partition coefficient (Wildman–Crippen LogP) is 3.72. The van der Waals surface area contributed by atoms with E-state index in [9.17, 15) is 14.4 Å². The molecular formula is C22H15NO4. The van der Waals surface area contributed by atoms with Gasteiger partial charge in [0.25, 0.3) is 5.91 Å². The van der Waals surface area contributed by atoms with Gasteiger partial charge in [0.2, 0.25) is 0 Å². The minimum Gasteiger partial charge on any atom is -0.496 e. The maximum Gasteiger partial charge on any atom is 0.259 e. The number of benzene rings is 3. The Kier molecular flexibility index (Phi) is 4.05. The molecular weight excluding hydrogens is 342 g/mol. The van der Waals surface area contributed by atoms with Crippen molar-refractivity contribution < 1.29 is 19.1 Å². The highest BCUT2D eigenvalue weighted by Gasteiger charge is 2.31. The summed E-state index contributed by atoms with van der Waals surface area (Å²) in [4.78, 5) is 38.5. The first-order valence-electron chi connectivity index (χ1n) is 8.37. The van der Waals surface area contributed by atoms with Crippen LogP contribution in [0, 0.1) is 0 Å². The van der Waals surface area contributed by atoms with Gasteiger partial charge in [-0.15, -0.1) is 0 Å². The minimum atomic E-state index is -0.417. The molecule has 132 valence electrons. The van der Waals surface area contributed by atoms with Gasteiger partial charge < -0.3 is 10.1 Å². The van der Waals surface area contributed by atoms with Gasteiger partial charge in [-0.1, -0.05) is 48.5 Å². The van der Waals surface area contributed by atoms with Crippen LogP contribution in [0.5, 0.6) is 5.75 Å². The van der Waals surface area contributed by atoms with Crippen molar-refractivity contribution in [3.05, 3.63) is 94.5 Å². The number of hydrogen-bond acceptors (Lipinski definition) is 4. The number of anilines is 1. The van der Waals surface area contributed by atoms with Crippen molar-refractivity contribution in [3.8, 4) is 5.75 Å². The van der Waals surface area contributed by atoms with E-state index in [4.69, 9.17) is 4.74 Å². The SMILES string of the molecule is COc1ccccc1C(=O)Nc1cccc2c1C(=O)c1ccccc1C2=O. The summed E-state index contributed by atoms with van der Waals surface area (Å²) >= 11 is 0. The Morgan fingerprint density at radius 1 is 0.778 bits per heavy atom. The van der Waals surface area contributed by atoms with Crippen LogP contribution in [0.25, 0.3) is 0 Å². The van der Waals surface area contributed by atoms with Gasteiger partial charge in [-0.25, -0.2) is 0 Å². The first kappa shape index (κ1) is 16.7. The molecule has 1 amide bonds. The molecule has 3 aromatic rings. The molecule has 3 aromatic carbocycles. The maximum absolute atomic E-state index is 13.0. The third-order valence-electron chi connectivity index (χ3n) is 4.55. The summed E-state index contributed by atoms with van der Waals surface area (Å²) in [6, 6.07) is 18.4. The number of rotatable bonds is 3. The summed E-state index contributed by atoms with van der Waals surface area (Å²) in [5.41, 5.74) is 1.86. The number of amides is 1. The topological polar surface area (TPSA) is 72.5 Å². The fourth-order valence-corrected chi connectivity index (χ4v) is 3.27. The molecule has 0 unspecified atom stereocenters. The maximum atomic E-state index is 13.0. The van der Waals surface area contributed by atoms with Crippen molar-refractivity contribution in [2.45, 2.75) is 0 Å². The highest BCUT2D eigenvalue weighted by Crippen LogP contribution is 2.32. The Balaban J connectivity index is 1.78. The lowest BCUT2D eigenvalue weighted by atomic mass is 9.83. The monoisotopic (exact) mass is 357 g/mol. The van der Waals surface area contributed by atoms with Crippen LogP contribution in [0.15, 0.2) is 66.7 Å². The number of nitrogens with one attached hydrogen (secondary N) is 1. The lowest BCUT2D eigenvalue weighted by molar-refractivity contribution is 0.0978. The summed E-state index contributed by atoms with van der Waals surface area (Å²) in [5.74, 6) is -0.503. The second-order valence-electron chi connectivity index (χ2n) is 6.09. The lowest BCUT2D eigenvalue weighted by Crippen LogP contribution is -2.24. The summed E-state index contributed by atoms with van der Waals surface area (Å²) in [7, 11) is 1.48. The molecule has 1 aliphatic rings. The summed E-state index contributed by atoms with van der Waals surface area (Å²) in [5, 5.41) is 2.75. The van der Waals surface area contributed by atoms with Crippen molar-refractivity contribution in [3.63, 3.8) is 0 Å². The van der Waals surface area contributed by atoms with Crippen LogP contribution in [0.4, 0.5) is 5.69 Å². The van der Waals surface area contributed by atoms with Crippen molar-refractivity contribution in [1.82, 2.24) is 0 Å². The molecule has 4 rings (SSSR count). The molecule has 0 saturated heterocycles. The van der Waals surface area contributed by atoms with Gasteiger partial charge in [0.05, 0.1) is 23.9 Å². The largest absolute Gasteiger partial charge is 0.496 e. The van der Waals surface area contributed by atoms with E-state index in [0.717, 1.165) is 0 Å². The molecule has 0 heterocycles. The van der Waals surface area contributed by atoms with Crippen molar-refractivity contribution >= 4 is 23.2 Å². The minimum absolute atomic E-state index is 0.212. The molecule has 0 aliphatic heterocycles. The Labute approximate surface area is 155 Å². The van der Waals surface area contributed by atoms with E-state index < -0.39 is 5.91 Å². The van der Waals surface area contributed by atoms with Crippen molar-refractivity contribution in [1.29, 1.82) is 0 Å². The van der Waals surface area contributed by atoms with Gasteiger partial charge in [-0.3, -0.25) is 14.4 Å². The highest BCUT2D eigenvalue weighted by atomic mass is 16.5. The molecule has 5 nitrogen and oxygen atoms in total. The summed E-state index contributed by atoms with van der Waals surface area (Å²) < 4.78 is 5.22. The fraction of sp³-hybridized carbons (Fsp3) is 0.0455. The smallest absolute Gasteiger partial charge is 0.259 e. The number of ketones is 2. The van der Waals surface area contributed by atoms with Crippen LogP contribution < -0.4 is 10.1 Å². The zero-order chi connectivity index (χ0) is 19.0. The molecule has 5 heteroatoms. The molecule has 0 aromatic heterocycles. The third kappa shape index (κ3) is 2.69. The van der Waals surface area contributed by atoms with Crippen LogP contribution in [0.1, 0.15) is 42.2 Å². The summed E-state index contributed by atoms with van der Waals surface area (Å²) in [6.07, 6.45) is 0. The second kappa shape index (κ2) is 6.53. The van der Waals surface area contributed by atoms with Crippen LogP contribution in [0.3, 0.4) is 0 Å². The van der Waals surface area contributed by atoms with Gasteiger partial charge in [0.1, 0.15) is 5.75 Å². The number of carbonyl (C=O) groups is 3. The number of fused-ring (bicyclic) bond motifs is 2. The first-order chi connectivity index (χ1) is 13.1. The van der Waals surface area contributed by atoms with Crippen LogP contribution in [0.2, 0.25) is 0 Å². The quantitative estimate of drug-likeness (QED) is 0.606. The zero-order valence-electron chi connectivity index (χ0n) is 14.5. The second-order valence-corrected chi connectivity index (χ2v) is 6.09. The van der Waals surface area contributed by atoms with Gasteiger partial charge in [-0.05, 0) is 18.2 Å². The first-order valence-corrected chi connectivity index (χ1v) is 8.37. The number of hydrogen-bond donors (Lipinski definition) is 1. The molecule has 0 radical (unpaired) electrons.